The highest BCUT2D eigenvalue weighted by atomic mass is 79.9. The smallest absolute Gasteiger partial charge is 0.0400 e. The Kier molecular flexibility index (Phi) is 3.99. The number of aryl methyl sites for hydroxylation is 2. The standard InChI is InChI=1S/C12H18BrN/c1-8(2)7-14-12-9(3)5-11(13)6-10(12)4/h5-6,8,14H,7H2,1-4H3. The van der Waals surface area contributed by atoms with Gasteiger partial charge in [-0.25, -0.2) is 0 Å². The van der Waals surface area contributed by atoms with Gasteiger partial charge in [0, 0.05) is 16.7 Å². The second kappa shape index (κ2) is 4.83. The molecule has 0 fully saturated rings. The van der Waals surface area contributed by atoms with Crippen molar-refractivity contribution in [2.24, 2.45) is 5.92 Å². The second-order valence-corrected chi connectivity index (χ2v) is 5.11. The van der Waals surface area contributed by atoms with Crippen LogP contribution in [0.15, 0.2) is 16.6 Å². The summed E-state index contributed by atoms with van der Waals surface area (Å²) in [6.07, 6.45) is 0. The maximum atomic E-state index is 3.50. The van der Waals surface area contributed by atoms with Crippen LogP contribution in [0.4, 0.5) is 5.69 Å². The number of benzene rings is 1. The Hall–Kier alpha value is -0.500. The number of nitrogens with one attached hydrogen (secondary N) is 1. The van der Waals surface area contributed by atoms with Crippen LogP contribution in [0, 0.1) is 19.8 Å². The third kappa shape index (κ3) is 3.02. The minimum absolute atomic E-state index is 0.678. The van der Waals surface area contributed by atoms with E-state index in [1.54, 1.807) is 0 Å². The second-order valence-electron chi connectivity index (χ2n) is 4.19. The van der Waals surface area contributed by atoms with Crippen LogP contribution >= 0.6 is 15.9 Å². The van der Waals surface area contributed by atoms with Crippen LogP contribution in [-0.4, -0.2) is 6.54 Å². The summed E-state index contributed by atoms with van der Waals surface area (Å²) in [5.41, 5.74) is 3.89. The molecule has 78 valence electrons. The van der Waals surface area contributed by atoms with E-state index in [1.165, 1.54) is 16.8 Å². The zero-order valence-corrected chi connectivity index (χ0v) is 10.9. The lowest BCUT2D eigenvalue weighted by atomic mass is 10.1. The summed E-state index contributed by atoms with van der Waals surface area (Å²) in [5, 5.41) is 3.49. The van der Waals surface area contributed by atoms with Crippen molar-refractivity contribution in [1.82, 2.24) is 0 Å². The summed E-state index contributed by atoms with van der Waals surface area (Å²) in [5.74, 6) is 0.678. The lowest BCUT2D eigenvalue weighted by Gasteiger charge is -2.14. The zero-order chi connectivity index (χ0) is 10.7. The lowest BCUT2D eigenvalue weighted by molar-refractivity contribution is 0.688. The molecule has 0 unspecified atom stereocenters. The molecule has 1 aromatic rings. The normalized spacial score (nSPS) is 10.7. The molecule has 1 N–H and O–H groups in total. The molecule has 1 nitrogen and oxygen atoms in total. The fourth-order valence-electron chi connectivity index (χ4n) is 1.50. The van der Waals surface area contributed by atoms with Gasteiger partial charge in [0.25, 0.3) is 0 Å². The molecule has 1 rings (SSSR count). The first-order valence-corrected chi connectivity index (χ1v) is 5.80. The zero-order valence-electron chi connectivity index (χ0n) is 9.32. The van der Waals surface area contributed by atoms with E-state index in [1.807, 2.05) is 0 Å². The van der Waals surface area contributed by atoms with E-state index < -0.39 is 0 Å². The first-order valence-electron chi connectivity index (χ1n) is 5.01. The van der Waals surface area contributed by atoms with Crippen molar-refractivity contribution in [2.45, 2.75) is 27.7 Å². The first kappa shape index (κ1) is 11.6. The van der Waals surface area contributed by atoms with E-state index in [4.69, 9.17) is 0 Å². The van der Waals surface area contributed by atoms with Gasteiger partial charge < -0.3 is 5.32 Å². The highest BCUT2D eigenvalue weighted by Gasteiger charge is 2.04. The third-order valence-corrected chi connectivity index (χ3v) is 2.64. The largest absolute Gasteiger partial charge is 0.384 e. The molecular formula is C12H18BrN. The summed E-state index contributed by atoms with van der Waals surface area (Å²) < 4.78 is 1.16. The van der Waals surface area contributed by atoms with Crippen molar-refractivity contribution < 1.29 is 0 Å². The molecular weight excluding hydrogens is 238 g/mol. The van der Waals surface area contributed by atoms with E-state index in [-0.39, 0.29) is 0 Å². The van der Waals surface area contributed by atoms with Gasteiger partial charge in [-0.3, -0.25) is 0 Å². The fourth-order valence-corrected chi connectivity index (χ4v) is 2.18. The van der Waals surface area contributed by atoms with Gasteiger partial charge in [-0.2, -0.15) is 0 Å². The number of halogens is 1. The first-order chi connectivity index (χ1) is 6.50. The number of hydrogen-bond donors (Lipinski definition) is 1. The maximum absolute atomic E-state index is 3.50. The molecule has 0 saturated heterocycles. The third-order valence-electron chi connectivity index (χ3n) is 2.18. The molecule has 0 saturated carbocycles. The molecule has 0 bridgehead atoms. The van der Waals surface area contributed by atoms with Gasteiger partial charge in [-0.15, -0.1) is 0 Å². The van der Waals surface area contributed by atoms with Gasteiger partial charge in [0.1, 0.15) is 0 Å². The Morgan fingerprint density at radius 1 is 1.21 bits per heavy atom. The molecule has 0 radical (unpaired) electrons. The van der Waals surface area contributed by atoms with Crippen molar-refractivity contribution in [2.75, 3.05) is 11.9 Å². The van der Waals surface area contributed by atoms with Crippen molar-refractivity contribution >= 4 is 21.6 Å². The predicted molar refractivity (Wildman–Crippen MR) is 66.9 cm³/mol. The van der Waals surface area contributed by atoms with Gasteiger partial charge >= 0.3 is 0 Å². The van der Waals surface area contributed by atoms with Gasteiger partial charge in [0.15, 0.2) is 0 Å². The molecule has 0 aliphatic heterocycles. The average molecular weight is 256 g/mol. The van der Waals surface area contributed by atoms with Crippen LogP contribution in [0.1, 0.15) is 25.0 Å². The van der Waals surface area contributed by atoms with Gasteiger partial charge in [0.2, 0.25) is 0 Å². The number of anilines is 1. The summed E-state index contributed by atoms with van der Waals surface area (Å²) in [6.45, 7) is 9.75. The summed E-state index contributed by atoms with van der Waals surface area (Å²) in [4.78, 5) is 0. The van der Waals surface area contributed by atoms with Crippen molar-refractivity contribution in [3.8, 4) is 0 Å². The highest BCUT2D eigenvalue weighted by molar-refractivity contribution is 9.10. The summed E-state index contributed by atoms with van der Waals surface area (Å²) in [6, 6.07) is 4.30. The quantitative estimate of drug-likeness (QED) is 0.857. The minimum Gasteiger partial charge on any atom is -0.384 e. The van der Waals surface area contributed by atoms with Crippen molar-refractivity contribution in [3.63, 3.8) is 0 Å². The molecule has 0 aromatic heterocycles. The van der Waals surface area contributed by atoms with E-state index in [9.17, 15) is 0 Å². The lowest BCUT2D eigenvalue weighted by Crippen LogP contribution is -2.10. The monoisotopic (exact) mass is 255 g/mol. The summed E-state index contributed by atoms with van der Waals surface area (Å²) >= 11 is 3.50. The molecule has 0 atom stereocenters. The number of rotatable bonds is 3. The van der Waals surface area contributed by atoms with E-state index in [0.717, 1.165) is 11.0 Å². The fraction of sp³-hybridized carbons (Fsp3) is 0.500. The van der Waals surface area contributed by atoms with Gasteiger partial charge in [0.05, 0.1) is 0 Å². The topological polar surface area (TPSA) is 12.0 Å². The molecule has 0 heterocycles. The van der Waals surface area contributed by atoms with Gasteiger partial charge in [-0.1, -0.05) is 29.8 Å². The molecule has 2 heteroatoms. The molecule has 14 heavy (non-hydrogen) atoms. The van der Waals surface area contributed by atoms with Crippen LogP contribution in [-0.2, 0) is 0 Å². The van der Waals surface area contributed by atoms with E-state index in [0.29, 0.717) is 5.92 Å². The van der Waals surface area contributed by atoms with Crippen molar-refractivity contribution in [3.05, 3.63) is 27.7 Å². The SMILES string of the molecule is Cc1cc(Br)cc(C)c1NCC(C)C. The number of hydrogen-bond acceptors (Lipinski definition) is 1. The Morgan fingerprint density at radius 2 is 1.71 bits per heavy atom. The van der Waals surface area contributed by atoms with E-state index >= 15 is 0 Å². The van der Waals surface area contributed by atoms with Crippen LogP contribution < -0.4 is 5.32 Å². The maximum Gasteiger partial charge on any atom is 0.0400 e. The predicted octanol–water partition coefficient (Wildman–Crippen LogP) is 4.13. The minimum atomic E-state index is 0.678. The van der Waals surface area contributed by atoms with Crippen LogP contribution in [0.25, 0.3) is 0 Å². The van der Waals surface area contributed by atoms with Crippen molar-refractivity contribution in [1.29, 1.82) is 0 Å². The molecule has 0 aliphatic carbocycles. The summed E-state index contributed by atoms with van der Waals surface area (Å²) in [7, 11) is 0. The Bertz CT molecular complexity index is 295. The van der Waals surface area contributed by atoms with Crippen LogP contribution in [0.2, 0.25) is 0 Å². The molecule has 0 aliphatic rings. The Labute approximate surface area is 95.0 Å². The van der Waals surface area contributed by atoms with Crippen LogP contribution in [0.5, 0.6) is 0 Å². The highest BCUT2D eigenvalue weighted by Crippen LogP contribution is 2.25. The Morgan fingerprint density at radius 3 is 2.14 bits per heavy atom. The molecule has 0 amide bonds. The van der Waals surface area contributed by atoms with Crippen LogP contribution in [0.3, 0.4) is 0 Å². The average Bonchev–Trinajstić information content (AvgIpc) is 2.01. The molecule has 1 aromatic carbocycles. The van der Waals surface area contributed by atoms with Gasteiger partial charge in [-0.05, 0) is 43.0 Å². The van der Waals surface area contributed by atoms with E-state index in [2.05, 4.69) is 61.1 Å². The molecule has 0 spiro atoms. The Balaban J connectivity index is 2.86.